The normalized spacial score (nSPS) is 19.8. The third-order valence-corrected chi connectivity index (χ3v) is 4.45. The number of aliphatic carboxylic acids is 1. The van der Waals surface area contributed by atoms with Gasteiger partial charge in [-0.15, -0.1) is 0 Å². The molecule has 2 atom stereocenters. The van der Waals surface area contributed by atoms with Crippen molar-refractivity contribution in [1.82, 2.24) is 10.2 Å². The number of hydrogen-bond acceptors (Lipinski definition) is 2. The number of carboxylic acids is 1. The number of carbonyl (C=O) groups is 2. The third kappa shape index (κ3) is 4.69. The van der Waals surface area contributed by atoms with Crippen molar-refractivity contribution < 1.29 is 14.7 Å². The molecule has 1 rings (SSSR count). The average Bonchev–Trinajstić information content (AvgIpc) is 2.71. The highest BCUT2D eigenvalue weighted by Gasteiger charge is 2.28. The van der Waals surface area contributed by atoms with Crippen LogP contribution in [0.2, 0.25) is 0 Å². The van der Waals surface area contributed by atoms with E-state index in [0.29, 0.717) is 0 Å². The van der Waals surface area contributed by atoms with Crippen LogP contribution >= 0.6 is 0 Å². The molecule has 1 fully saturated rings. The monoisotopic (exact) mass is 284 g/mol. The zero-order chi connectivity index (χ0) is 15.1. The molecule has 0 bridgehead atoms. The molecule has 1 aliphatic carbocycles. The summed E-state index contributed by atoms with van der Waals surface area (Å²) in [4.78, 5) is 25.2. The Morgan fingerprint density at radius 3 is 2.25 bits per heavy atom. The summed E-state index contributed by atoms with van der Waals surface area (Å²) in [7, 11) is 1.78. The number of hydrogen-bond donors (Lipinski definition) is 2. The number of nitrogens with zero attached hydrogens (tertiary/aromatic N) is 1. The SMILES string of the molecule is CCC(C)[C@H](NC(=O)N(C)C1CCCCCC1)C(=O)O. The van der Waals surface area contributed by atoms with Gasteiger partial charge in [-0.2, -0.15) is 0 Å². The lowest BCUT2D eigenvalue weighted by Crippen LogP contribution is -2.51. The second-order valence-corrected chi connectivity index (χ2v) is 5.91. The van der Waals surface area contributed by atoms with Crippen molar-refractivity contribution in [3.8, 4) is 0 Å². The van der Waals surface area contributed by atoms with Gasteiger partial charge in [0.2, 0.25) is 0 Å². The van der Waals surface area contributed by atoms with Crippen molar-refractivity contribution in [2.75, 3.05) is 7.05 Å². The molecule has 0 heterocycles. The topological polar surface area (TPSA) is 69.6 Å². The Balaban J connectivity index is 2.60. The van der Waals surface area contributed by atoms with Gasteiger partial charge in [-0.3, -0.25) is 0 Å². The largest absolute Gasteiger partial charge is 0.480 e. The number of rotatable bonds is 5. The van der Waals surface area contributed by atoms with Gasteiger partial charge in [0.05, 0.1) is 0 Å². The van der Waals surface area contributed by atoms with E-state index in [1.807, 2.05) is 13.8 Å². The summed E-state index contributed by atoms with van der Waals surface area (Å²) in [5, 5.41) is 11.9. The molecule has 5 heteroatoms. The van der Waals surface area contributed by atoms with E-state index in [0.717, 1.165) is 32.1 Å². The van der Waals surface area contributed by atoms with Gasteiger partial charge >= 0.3 is 12.0 Å². The van der Waals surface area contributed by atoms with E-state index in [9.17, 15) is 14.7 Å². The maximum Gasteiger partial charge on any atom is 0.326 e. The van der Waals surface area contributed by atoms with Gasteiger partial charge in [0.1, 0.15) is 6.04 Å². The predicted octanol–water partition coefficient (Wildman–Crippen LogP) is 2.85. The number of carboxylic acid groups (broad SMARTS) is 1. The van der Waals surface area contributed by atoms with E-state index in [2.05, 4.69) is 5.32 Å². The molecule has 0 aromatic carbocycles. The summed E-state index contributed by atoms with van der Waals surface area (Å²) in [6.07, 6.45) is 7.53. The lowest BCUT2D eigenvalue weighted by molar-refractivity contribution is -0.140. The molecule has 1 aliphatic rings. The van der Waals surface area contributed by atoms with Crippen molar-refractivity contribution in [3.63, 3.8) is 0 Å². The fraction of sp³-hybridized carbons (Fsp3) is 0.867. The zero-order valence-electron chi connectivity index (χ0n) is 12.9. The number of carbonyl (C=O) groups excluding carboxylic acids is 1. The number of nitrogens with one attached hydrogen (secondary N) is 1. The predicted molar refractivity (Wildman–Crippen MR) is 78.7 cm³/mol. The van der Waals surface area contributed by atoms with Gasteiger partial charge in [-0.05, 0) is 18.8 Å². The first kappa shape index (κ1) is 16.8. The maximum atomic E-state index is 12.2. The van der Waals surface area contributed by atoms with E-state index in [1.165, 1.54) is 12.8 Å². The minimum absolute atomic E-state index is 0.0704. The highest BCUT2D eigenvalue weighted by Crippen LogP contribution is 2.21. The lowest BCUT2D eigenvalue weighted by atomic mass is 9.99. The van der Waals surface area contributed by atoms with E-state index >= 15 is 0 Å². The molecule has 0 spiro atoms. The number of urea groups is 1. The summed E-state index contributed by atoms with van der Waals surface area (Å²) >= 11 is 0. The Morgan fingerprint density at radius 1 is 1.25 bits per heavy atom. The van der Waals surface area contributed by atoms with E-state index in [1.54, 1.807) is 11.9 Å². The van der Waals surface area contributed by atoms with Crippen LogP contribution < -0.4 is 5.32 Å². The Labute approximate surface area is 121 Å². The molecule has 116 valence electrons. The van der Waals surface area contributed by atoms with Crippen molar-refractivity contribution in [1.29, 1.82) is 0 Å². The molecule has 1 unspecified atom stereocenters. The first-order valence-electron chi connectivity index (χ1n) is 7.73. The smallest absolute Gasteiger partial charge is 0.326 e. The molecule has 2 amide bonds. The van der Waals surface area contributed by atoms with Gasteiger partial charge in [-0.1, -0.05) is 46.0 Å². The Bertz CT molecular complexity index is 325. The molecule has 20 heavy (non-hydrogen) atoms. The second kappa shape index (κ2) is 8.12. The Kier molecular flexibility index (Phi) is 6.82. The Hall–Kier alpha value is -1.26. The minimum Gasteiger partial charge on any atom is -0.480 e. The second-order valence-electron chi connectivity index (χ2n) is 5.91. The van der Waals surface area contributed by atoms with Crippen LogP contribution in [0.25, 0.3) is 0 Å². The fourth-order valence-corrected chi connectivity index (χ4v) is 2.73. The minimum atomic E-state index is -0.957. The summed E-state index contributed by atoms with van der Waals surface area (Å²) in [5.74, 6) is -1.03. The van der Waals surface area contributed by atoms with Gasteiger partial charge in [0, 0.05) is 13.1 Å². The quantitative estimate of drug-likeness (QED) is 0.763. The van der Waals surface area contributed by atoms with Gasteiger partial charge in [0.25, 0.3) is 0 Å². The molecule has 0 saturated heterocycles. The average molecular weight is 284 g/mol. The molecule has 5 nitrogen and oxygen atoms in total. The van der Waals surface area contributed by atoms with Crippen molar-refractivity contribution in [2.45, 2.75) is 70.9 Å². The van der Waals surface area contributed by atoms with Crippen LogP contribution in [0, 0.1) is 5.92 Å². The summed E-state index contributed by atoms with van der Waals surface area (Å²) in [6.45, 7) is 3.78. The van der Waals surface area contributed by atoms with Crippen molar-refractivity contribution >= 4 is 12.0 Å². The molecule has 0 radical (unpaired) electrons. The molecule has 0 aromatic rings. The first-order valence-corrected chi connectivity index (χ1v) is 7.73. The van der Waals surface area contributed by atoms with E-state index in [-0.39, 0.29) is 18.0 Å². The summed E-state index contributed by atoms with van der Waals surface area (Å²) in [6, 6.07) is -0.825. The highest BCUT2D eigenvalue weighted by molar-refractivity contribution is 5.82. The maximum absolute atomic E-state index is 12.2. The summed E-state index contributed by atoms with van der Waals surface area (Å²) < 4.78 is 0. The van der Waals surface area contributed by atoms with Gasteiger partial charge in [0.15, 0.2) is 0 Å². The first-order chi connectivity index (χ1) is 9.47. The van der Waals surface area contributed by atoms with Crippen LogP contribution in [0.15, 0.2) is 0 Å². The molecule has 0 aromatic heterocycles. The standard InChI is InChI=1S/C15H28N2O3/c1-4-11(2)13(14(18)19)16-15(20)17(3)12-9-7-5-6-8-10-12/h11-13H,4-10H2,1-3H3,(H,16,20)(H,18,19)/t11?,13-/m0/s1. The highest BCUT2D eigenvalue weighted by atomic mass is 16.4. The molecule has 1 saturated carbocycles. The third-order valence-electron chi connectivity index (χ3n) is 4.45. The van der Waals surface area contributed by atoms with E-state index < -0.39 is 12.0 Å². The van der Waals surface area contributed by atoms with Crippen LogP contribution in [-0.2, 0) is 4.79 Å². The lowest BCUT2D eigenvalue weighted by Gasteiger charge is -2.30. The fourth-order valence-electron chi connectivity index (χ4n) is 2.73. The van der Waals surface area contributed by atoms with Crippen LogP contribution in [0.1, 0.15) is 58.8 Å². The van der Waals surface area contributed by atoms with Gasteiger partial charge < -0.3 is 15.3 Å². The molecule has 2 N–H and O–H groups in total. The van der Waals surface area contributed by atoms with Crippen molar-refractivity contribution in [2.24, 2.45) is 5.92 Å². The van der Waals surface area contributed by atoms with Crippen LogP contribution in [0.5, 0.6) is 0 Å². The van der Waals surface area contributed by atoms with Crippen LogP contribution in [-0.4, -0.2) is 41.1 Å². The zero-order valence-corrected chi connectivity index (χ0v) is 12.9. The van der Waals surface area contributed by atoms with E-state index in [4.69, 9.17) is 0 Å². The van der Waals surface area contributed by atoms with Crippen LogP contribution in [0.4, 0.5) is 4.79 Å². The molecule has 0 aliphatic heterocycles. The molecular weight excluding hydrogens is 256 g/mol. The van der Waals surface area contributed by atoms with Gasteiger partial charge in [-0.25, -0.2) is 9.59 Å². The van der Waals surface area contributed by atoms with Crippen molar-refractivity contribution in [3.05, 3.63) is 0 Å². The summed E-state index contributed by atoms with van der Waals surface area (Å²) in [5.41, 5.74) is 0. The van der Waals surface area contributed by atoms with Crippen LogP contribution in [0.3, 0.4) is 0 Å². The molecular formula is C15H28N2O3. The number of amides is 2. The Morgan fingerprint density at radius 2 is 1.80 bits per heavy atom.